The van der Waals surface area contributed by atoms with Crippen LogP contribution in [0.2, 0.25) is 0 Å². The fourth-order valence-electron chi connectivity index (χ4n) is 4.46. The van der Waals surface area contributed by atoms with Crippen LogP contribution in [0.5, 0.6) is 5.75 Å². The van der Waals surface area contributed by atoms with Crippen LogP contribution in [0.3, 0.4) is 0 Å². The molecule has 10 heteroatoms. The second-order valence-corrected chi connectivity index (χ2v) is 11.4. The number of aromatic nitrogens is 2. The normalized spacial score (nSPS) is 16.7. The lowest BCUT2D eigenvalue weighted by molar-refractivity contribution is 0.122. The summed E-state index contributed by atoms with van der Waals surface area (Å²) in [7, 11) is -1.98. The summed E-state index contributed by atoms with van der Waals surface area (Å²) in [6, 6.07) is 14.7. The number of ether oxygens (including phenoxy) is 2. The Bertz CT molecular complexity index is 1310. The molecule has 0 amide bonds. The summed E-state index contributed by atoms with van der Waals surface area (Å²) in [6.45, 7) is 3.28. The number of sulfonamides is 1. The van der Waals surface area contributed by atoms with Crippen molar-refractivity contribution in [2.24, 2.45) is 0 Å². The van der Waals surface area contributed by atoms with E-state index in [1.165, 1.54) is 4.31 Å². The van der Waals surface area contributed by atoms with Gasteiger partial charge in [-0.15, -0.1) is 0 Å². The highest BCUT2D eigenvalue weighted by Crippen LogP contribution is 2.31. The van der Waals surface area contributed by atoms with Crippen LogP contribution in [0, 0.1) is 0 Å². The van der Waals surface area contributed by atoms with Crippen LogP contribution in [0.4, 0.5) is 5.82 Å². The van der Waals surface area contributed by atoms with E-state index in [0.717, 1.165) is 38.7 Å². The Labute approximate surface area is 214 Å². The first-order valence-electron chi connectivity index (χ1n) is 11.5. The van der Waals surface area contributed by atoms with E-state index >= 15 is 0 Å². The van der Waals surface area contributed by atoms with Crippen molar-refractivity contribution in [3.8, 4) is 5.75 Å². The number of methoxy groups -OCH3 is 1. The molecular formula is C25H27BrN4O4S. The van der Waals surface area contributed by atoms with Crippen LogP contribution in [-0.2, 0) is 34.1 Å². The summed E-state index contributed by atoms with van der Waals surface area (Å²) < 4.78 is 40.1. The molecular weight excluding hydrogens is 532 g/mol. The molecule has 3 aromatic rings. The van der Waals surface area contributed by atoms with Crippen LogP contribution in [0.25, 0.3) is 0 Å². The Hall–Kier alpha value is -2.53. The third-order valence-electron chi connectivity index (χ3n) is 6.31. The van der Waals surface area contributed by atoms with Crippen molar-refractivity contribution in [2.75, 3.05) is 44.9 Å². The Morgan fingerprint density at radius 2 is 1.83 bits per heavy atom. The van der Waals surface area contributed by atoms with E-state index in [1.54, 1.807) is 31.4 Å². The van der Waals surface area contributed by atoms with Gasteiger partial charge in [0.2, 0.25) is 10.0 Å². The van der Waals surface area contributed by atoms with Gasteiger partial charge < -0.3 is 14.4 Å². The van der Waals surface area contributed by atoms with Gasteiger partial charge in [-0.25, -0.2) is 18.4 Å². The van der Waals surface area contributed by atoms with Crippen molar-refractivity contribution in [3.63, 3.8) is 0 Å². The van der Waals surface area contributed by atoms with Crippen LogP contribution in [0.15, 0.2) is 57.9 Å². The molecule has 0 N–H and O–H groups in total. The minimum atomic E-state index is -3.64. The SMILES string of the molecule is COc1cccc(Cc2nc3c(c(N4CCOCC4)n2)CN(S(=O)(=O)c2ccc(Br)cc2)CC3)c1. The molecule has 2 aliphatic heterocycles. The average Bonchev–Trinajstić information content (AvgIpc) is 2.89. The fourth-order valence-corrected chi connectivity index (χ4v) is 6.14. The maximum Gasteiger partial charge on any atom is 0.243 e. The number of morpholine rings is 1. The number of hydrogen-bond donors (Lipinski definition) is 0. The topological polar surface area (TPSA) is 84.9 Å². The molecule has 3 heterocycles. The first-order chi connectivity index (χ1) is 16.9. The maximum absolute atomic E-state index is 13.4. The lowest BCUT2D eigenvalue weighted by Gasteiger charge is -2.34. The summed E-state index contributed by atoms with van der Waals surface area (Å²) in [4.78, 5) is 12.3. The molecule has 0 aliphatic carbocycles. The van der Waals surface area contributed by atoms with Crippen LogP contribution >= 0.6 is 15.9 Å². The van der Waals surface area contributed by atoms with Crippen molar-refractivity contribution >= 4 is 31.8 Å². The molecule has 1 fully saturated rings. The Kier molecular flexibility index (Phi) is 7.06. The van der Waals surface area contributed by atoms with Crippen molar-refractivity contribution < 1.29 is 17.9 Å². The van der Waals surface area contributed by atoms with Crippen LogP contribution in [0.1, 0.15) is 22.6 Å². The molecule has 1 saturated heterocycles. The van der Waals surface area contributed by atoms with E-state index < -0.39 is 10.0 Å². The van der Waals surface area contributed by atoms with Crippen molar-refractivity contribution in [2.45, 2.75) is 24.3 Å². The van der Waals surface area contributed by atoms with Crippen molar-refractivity contribution in [3.05, 3.63) is 75.6 Å². The third-order valence-corrected chi connectivity index (χ3v) is 8.70. The number of benzene rings is 2. The van der Waals surface area contributed by atoms with E-state index in [9.17, 15) is 8.42 Å². The van der Waals surface area contributed by atoms with E-state index in [1.807, 2.05) is 24.3 Å². The summed E-state index contributed by atoms with van der Waals surface area (Å²) in [5, 5.41) is 0. The van der Waals surface area contributed by atoms with Gasteiger partial charge in [0.25, 0.3) is 0 Å². The van der Waals surface area contributed by atoms with Gasteiger partial charge in [0.15, 0.2) is 0 Å². The van der Waals surface area contributed by atoms with Gasteiger partial charge in [0, 0.05) is 49.1 Å². The monoisotopic (exact) mass is 558 g/mol. The Balaban J connectivity index is 1.49. The molecule has 0 unspecified atom stereocenters. The van der Waals surface area contributed by atoms with Crippen LogP contribution < -0.4 is 9.64 Å². The van der Waals surface area contributed by atoms with Crippen molar-refractivity contribution in [1.29, 1.82) is 0 Å². The molecule has 5 rings (SSSR count). The van der Waals surface area contributed by atoms with Gasteiger partial charge in [-0.3, -0.25) is 0 Å². The Morgan fingerprint density at radius 3 is 2.57 bits per heavy atom. The van der Waals surface area contributed by atoms with Gasteiger partial charge in [-0.05, 0) is 42.0 Å². The average molecular weight is 559 g/mol. The highest BCUT2D eigenvalue weighted by atomic mass is 79.9. The highest BCUT2D eigenvalue weighted by molar-refractivity contribution is 9.10. The largest absolute Gasteiger partial charge is 0.497 e. The Morgan fingerprint density at radius 1 is 1.06 bits per heavy atom. The molecule has 0 spiro atoms. The molecule has 0 saturated carbocycles. The van der Waals surface area contributed by atoms with Gasteiger partial charge in [-0.2, -0.15) is 4.31 Å². The lowest BCUT2D eigenvalue weighted by atomic mass is 10.1. The lowest BCUT2D eigenvalue weighted by Crippen LogP contribution is -2.41. The number of nitrogens with zero attached hydrogens (tertiary/aromatic N) is 4. The zero-order valence-corrected chi connectivity index (χ0v) is 21.9. The predicted octanol–water partition coefficient (Wildman–Crippen LogP) is 3.42. The molecule has 0 radical (unpaired) electrons. The number of fused-ring (bicyclic) bond motifs is 1. The molecule has 1 aromatic heterocycles. The number of hydrogen-bond acceptors (Lipinski definition) is 7. The second kappa shape index (κ2) is 10.2. The summed E-state index contributed by atoms with van der Waals surface area (Å²) in [5.74, 6) is 2.33. The van der Waals surface area contributed by atoms with E-state index in [2.05, 4.69) is 20.8 Å². The molecule has 0 bridgehead atoms. The summed E-state index contributed by atoms with van der Waals surface area (Å²) in [6.07, 6.45) is 1.11. The van der Waals surface area contributed by atoms with E-state index in [4.69, 9.17) is 19.4 Å². The third kappa shape index (κ3) is 5.20. The van der Waals surface area contributed by atoms with Gasteiger partial charge in [0.1, 0.15) is 17.4 Å². The van der Waals surface area contributed by atoms with E-state index in [-0.39, 0.29) is 11.4 Å². The molecule has 2 aromatic carbocycles. The smallest absolute Gasteiger partial charge is 0.243 e. The number of anilines is 1. The fraction of sp³-hybridized carbons (Fsp3) is 0.360. The van der Waals surface area contributed by atoms with Crippen LogP contribution in [-0.4, -0.2) is 62.6 Å². The zero-order valence-electron chi connectivity index (χ0n) is 19.5. The second-order valence-electron chi connectivity index (χ2n) is 8.56. The molecule has 8 nitrogen and oxygen atoms in total. The quantitative estimate of drug-likeness (QED) is 0.458. The minimum Gasteiger partial charge on any atom is -0.497 e. The van der Waals surface area contributed by atoms with Gasteiger partial charge in [0.05, 0.1) is 30.9 Å². The number of rotatable bonds is 6. The zero-order chi connectivity index (χ0) is 24.4. The summed E-state index contributed by atoms with van der Waals surface area (Å²) in [5.41, 5.74) is 2.86. The molecule has 35 heavy (non-hydrogen) atoms. The van der Waals surface area contributed by atoms with Gasteiger partial charge in [-0.1, -0.05) is 28.1 Å². The molecule has 184 valence electrons. The van der Waals surface area contributed by atoms with E-state index in [0.29, 0.717) is 45.7 Å². The maximum atomic E-state index is 13.4. The predicted molar refractivity (Wildman–Crippen MR) is 136 cm³/mol. The first kappa shape index (κ1) is 24.2. The molecule has 0 atom stereocenters. The van der Waals surface area contributed by atoms with Crippen molar-refractivity contribution in [1.82, 2.24) is 14.3 Å². The summed E-state index contributed by atoms with van der Waals surface area (Å²) >= 11 is 3.37. The highest BCUT2D eigenvalue weighted by Gasteiger charge is 2.32. The van der Waals surface area contributed by atoms with Gasteiger partial charge >= 0.3 is 0 Å². The minimum absolute atomic E-state index is 0.250. The molecule has 2 aliphatic rings. The first-order valence-corrected chi connectivity index (χ1v) is 13.8. The standard InChI is InChI=1S/C25H27BrN4O4S/c1-33-20-4-2-3-18(15-20)16-24-27-23-9-10-30(35(31,32)21-7-5-19(26)6-8-21)17-22(23)25(28-24)29-11-13-34-14-12-29/h2-8,15H,9-14,16-17H2,1H3. The number of halogens is 1.